The van der Waals surface area contributed by atoms with E-state index >= 15 is 0 Å². The fraction of sp³-hybridized carbons (Fsp3) is 0.350. The fourth-order valence-electron chi connectivity index (χ4n) is 2.70. The molecule has 2 aromatic carbocycles. The van der Waals surface area contributed by atoms with Crippen LogP contribution in [0.5, 0.6) is 5.75 Å². The molecule has 4 nitrogen and oxygen atoms in total. The van der Waals surface area contributed by atoms with Gasteiger partial charge >= 0.3 is 0 Å². The van der Waals surface area contributed by atoms with Gasteiger partial charge in [0.25, 0.3) is 0 Å². The average Bonchev–Trinajstić information content (AvgIpc) is 2.60. The fourth-order valence-corrected chi connectivity index (χ4v) is 2.70. The van der Waals surface area contributed by atoms with Crippen LogP contribution in [0.2, 0.25) is 0 Å². The molecule has 1 unspecified atom stereocenters. The molecule has 0 N–H and O–H groups in total. The van der Waals surface area contributed by atoms with Crippen LogP contribution < -0.4 is 4.74 Å². The molecule has 0 saturated carbocycles. The van der Waals surface area contributed by atoms with Crippen molar-refractivity contribution in [2.24, 2.45) is 0 Å². The predicted molar refractivity (Wildman–Crippen MR) is 97.2 cm³/mol. The molecular weight excluding hydrogens is 300 g/mol. The van der Waals surface area contributed by atoms with E-state index in [2.05, 4.69) is 0 Å². The summed E-state index contributed by atoms with van der Waals surface area (Å²) in [5.41, 5.74) is 2.21. The molecule has 128 valence electrons. The van der Waals surface area contributed by atoms with Gasteiger partial charge in [-0.1, -0.05) is 42.5 Å². The van der Waals surface area contributed by atoms with Crippen molar-refractivity contribution < 1.29 is 9.53 Å². The number of carbonyl (C=O) groups is 1. The second-order valence-electron chi connectivity index (χ2n) is 6.13. The Balaban J connectivity index is 2.01. The standard InChI is InChI=1S/C20H26N2O2/c1-21(2)19(17-8-6-5-7-9-17)20(23)22(3)15-14-16-10-12-18(24-4)13-11-16/h5-13,19H,14-15H2,1-4H3. The van der Waals surface area contributed by atoms with Gasteiger partial charge in [0.05, 0.1) is 7.11 Å². The van der Waals surface area contributed by atoms with Crippen LogP contribution in [0.1, 0.15) is 17.2 Å². The Morgan fingerprint density at radius 2 is 1.62 bits per heavy atom. The Labute approximate surface area is 144 Å². The van der Waals surface area contributed by atoms with Gasteiger partial charge in [0.15, 0.2) is 0 Å². The molecule has 4 heteroatoms. The molecule has 2 rings (SSSR count). The number of hydrogen-bond donors (Lipinski definition) is 0. The van der Waals surface area contributed by atoms with Crippen molar-refractivity contribution in [3.05, 3.63) is 65.7 Å². The Morgan fingerprint density at radius 1 is 1.00 bits per heavy atom. The van der Waals surface area contributed by atoms with E-state index in [-0.39, 0.29) is 11.9 Å². The highest BCUT2D eigenvalue weighted by molar-refractivity contribution is 5.83. The van der Waals surface area contributed by atoms with E-state index in [9.17, 15) is 4.79 Å². The second-order valence-corrected chi connectivity index (χ2v) is 6.13. The number of hydrogen-bond acceptors (Lipinski definition) is 3. The zero-order chi connectivity index (χ0) is 17.5. The SMILES string of the molecule is COc1ccc(CCN(C)C(=O)C(c2ccccc2)N(C)C)cc1. The molecule has 0 aliphatic carbocycles. The minimum absolute atomic E-state index is 0.111. The molecule has 1 amide bonds. The van der Waals surface area contributed by atoms with Gasteiger partial charge in [0.2, 0.25) is 5.91 Å². The van der Waals surface area contributed by atoms with E-state index in [0.717, 1.165) is 17.7 Å². The maximum atomic E-state index is 12.9. The molecule has 0 saturated heterocycles. The van der Waals surface area contributed by atoms with Crippen molar-refractivity contribution in [2.45, 2.75) is 12.5 Å². The van der Waals surface area contributed by atoms with Gasteiger partial charge in [0.1, 0.15) is 11.8 Å². The highest BCUT2D eigenvalue weighted by atomic mass is 16.5. The van der Waals surface area contributed by atoms with E-state index < -0.39 is 0 Å². The molecule has 0 aliphatic heterocycles. The van der Waals surface area contributed by atoms with Crippen LogP contribution in [0, 0.1) is 0 Å². The monoisotopic (exact) mass is 326 g/mol. The van der Waals surface area contributed by atoms with Gasteiger partial charge in [-0.2, -0.15) is 0 Å². The smallest absolute Gasteiger partial charge is 0.244 e. The van der Waals surface area contributed by atoms with Gasteiger partial charge < -0.3 is 9.64 Å². The summed E-state index contributed by atoms with van der Waals surface area (Å²) >= 11 is 0. The second kappa shape index (κ2) is 8.50. The lowest BCUT2D eigenvalue weighted by Gasteiger charge is -2.28. The number of benzene rings is 2. The summed E-state index contributed by atoms with van der Waals surface area (Å²) in [6, 6.07) is 17.6. The summed E-state index contributed by atoms with van der Waals surface area (Å²) in [5, 5.41) is 0. The Morgan fingerprint density at radius 3 is 2.17 bits per heavy atom. The van der Waals surface area contributed by atoms with E-state index in [1.54, 1.807) is 7.11 Å². The number of nitrogens with zero attached hydrogens (tertiary/aromatic N) is 2. The lowest BCUT2D eigenvalue weighted by atomic mass is 10.0. The topological polar surface area (TPSA) is 32.8 Å². The summed E-state index contributed by atoms with van der Waals surface area (Å²) in [6.45, 7) is 0.683. The first kappa shape index (κ1) is 18.0. The third-order valence-electron chi connectivity index (χ3n) is 4.14. The zero-order valence-electron chi connectivity index (χ0n) is 14.9. The number of carbonyl (C=O) groups excluding carboxylic acids is 1. The minimum Gasteiger partial charge on any atom is -0.497 e. The van der Waals surface area contributed by atoms with Crippen LogP contribution in [-0.4, -0.2) is 50.5 Å². The molecule has 0 aliphatic rings. The Bertz CT molecular complexity index is 638. The molecule has 0 spiro atoms. The Kier molecular flexibility index (Phi) is 6.38. The number of rotatable bonds is 7. The van der Waals surface area contributed by atoms with Crippen LogP contribution in [0.15, 0.2) is 54.6 Å². The Hall–Kier alpha value is -2.33. The van der Waals surface area contributed by atoms with Crippen molar-refractivity contribution in [3.8, 4) is 5.75 Å². The van der Waals surface area contributed by atoms with E-state index in [1.165, 1.54) is 5.56 Å². The molecule has 0 fully saturated rings. The first-order chi connectivity index (χ1) is 11.5. The lowest BCUT2D eigenvalue weighted by molar-refractivity contribution is -0.135. The molecule has 0 radical (unpaired) electrons. The molecule has 24 heavy (non-hydrogen) atoms. The number of likely N-dealkylation sites (N-methyl/N-ethyl adjacent to an activating group) is 2. The first-order valence-corrected chi connectivity index (χ1v) is 8.12. The quantitative estimate of drug-likeness (QED) is 0.784. The molecular formula is C20H26N2O2. The maximum Gasteiger partial charge on any atom is 0.244 e. The van der Waals surface area contributed by atoms with E-state index in [0.29, 0.717) is 6.54 Å². The highest BCUT2D eigenvalue weighted by Gasteiger charge is 2.25. The van der Waals surface area contributed by atoms with Gasteiger partial charge in [-0.3, -0.25) is 9.69 Å². The van der Waals surface area contributed by atoms with Crippen molar-refractivity contribution in [3.63, 3.8) is 0 Å². The molecule has 1 atom stereocenters. The number of ether oxygens (including phenoxy) is 1. The largest absolute Gasteiger partial charge is 0.497 e. The third-order valence-corrected chi connectivity index (χ3v) is 4.14. The molecule has 0 heterocycles. The van der Waals surface area contributed by atoms with Gasteiger partial charge in [0, 0.05) is 13.6 Å². The average molecular weight is 326 g/mol. The van der Waals surface area contributed by atoms with Crippen LogP contribution in [-0.2, 0) is 11.2 Å². The van der Waals surface area contributed by atoms with Crippen LogP contribution >= 0.6 is 0 Å². The predicted octanol–water partition coefficient (Wildman–Crippen LogP) is 3.00. The molecule has 2 aromatic rings. The summed E-state index contributed by atoms with van der Waals surface area (Å²) in [5.74, 6) is 0.958. The minimum atomic E-state index is -0.257. The van der Waals surface area contributed by atoms with Crippen molar-refractivity contribution in [1.29, 1.82) is 0 Å². The van der Waals surface area contributed by atoms with Crippen molar-refractivity contribution in [2.75, 3.05) is 34.8 Å². The van der Waals surface area contributed by atoms with Crippen LogP contribution in [0.3, 0.4) is 0 Å². The van der Waals surface area contributed by atoms with Gasteiger partial charge in [-0.05, 0) is 43.8 Å². The van der Waals surface area contributed by atoms with Crippen LogP contribution in [0.4, 0.5) is 0 Å². The van der Waals surface area contributed by atoms with E-state index in [1.807, 2.05) is 85.5 Å². The maximum absolute atomic E-state index is 12.9. The number of methoxy groups -OCH3 is 1. The zero-order valence-corrected chi connectivity index (χ0v) is 14.9. The molecule has 0 aromatic heterocycles. The normalized spacial score (nSPS) is 12.0. The highest BCUT2D eigenvalue weighted by Crippen LogP contribution is 2.20. The van der Waals surface area contributed by atoms with Gasteiger partial charge in [-0.15, -0.1) is 0 Å². The third kappa shape index (κ3) is 4.59. The summed E-state index contributed by atoms with van der Waals surface area (Å²) in [7, 11) is 7.40. The summed E-state index contributed by atoms with van der Waals surface area (Å²) in [4.78, 5) is 16.6. The summed E-state index contributed by atoms with van der Waals surface area (Å²) < 4.78 is 5.17. The summed E-state index contributed by atoms with van der Waals surface area (Å²) in [6.07, 6.45) is 0.821. The van der Waals surface area contributed by atoms with E-state index in [4.69, 9.17) is 4.74 Å². The lowest BCUT2D eigenvalue weighted by Crippen LogP contribution is -2.39. The first-order valence-electron chi connectivity index (χ1n) is 8.12. The van der Waals surface area contributed by atoms with Crippen LogP contribution in [0.25, 0.3) is 0 Å². The molecule has 0 bridgehead atoms. The number of amides is 1. The van der Waals surface area contributed by atoms with Crippen molar-refractivity contribution >= 4 is 5.91 Å². The van der Waals surface area contributed by atoms with Gasteiger partial charge in [-0.25, -0.2) is 0 Å². The van der Waals surface area contributed by atoms with Crippen molar-refractivity contribution in [1.82, 2.24) is 9.80 Å².